The number of halogens is 1. The minimum absolute atomic E-state index is 0.0868. The standard InChI is InChI=1S/C11H13FN2O2/c12-9-3-1-2-4-10(9)13-11(16)14-5-8(6-14)7-15/h1-4,8,15H,5-7H2,(H,13,16). The Kier molecular flexibility index (Phi) is 3.05. The fraction of sp³-hybridized carbons (Fsp3) is 0.364. The van der Waals surface area contributed by atoms with Gasteiger partial charge in [-0.3, -0.25) is 0 Å². The highest BCUT2D eigenvalue weighted by Gasteiger charge is 2.30. The first kappa shape index (κ1) is 10.9. The van der Waals surface area contributed by atoms with Crippen LogP contribution in [0.25, 0.3) is 0 Å². The van der Waals surface area contributed by atoms with Gasteiger partial charge in [0.05, 0.1) is 5.69 Å². The second-order valence-electron chi connectivity index (χ2n) is 3.86. The molecule has 1 aliphatic heterocycles. The number of hydrogen-bond acceptors (Lipinski definition) is 2. The summed E-state index contributed by atoms with van der Waals surface area (Å²) in [5, 5.41) is 11.3. The van der Waals surface area contributed by atoms with Crippen molar-refractivity contribution in [1.29, 1.82) is 0 Å². The lowest BCUT2D eigenvalue weighted by Gasteiger charge is -2.38. The van der Waals surface area contributed by atoms with E-state index in [9.17, 15) is 9.18 Å². The van der Waals surface area contributed by atoms with E-state index < -0.39 is 5.82 Å². The molecule has 0 unspecified atom stereocenters. The third-order valence-corrected chi connectivity index (χ3v) is 2.62. The highest BCUT2D eigenvalue weighted by molar-refractivity contribution is 5.89. The molecule has 2 rings (SSSR count). The highest BCUT2D eigenvalue weighted by Crippen LogP contribution is 2.18. The molecule has 0 saturated carbocycles. The van der Waals surface area contributed by atoms with Crippen LogP contribution in [-0.4, -0.2) is 35.7 Å². The number of hydrogen-bond donors (Lipinski definition) is 2. The average molecular weight is 224 g/mol. The second-order valence-corrected chi connectivity index (χ2v) is 3.86. The number of para-hydroxylation sites is 1. The molecular formula is C11H13FN2O2. The Morgan fingerprint density at radius 3 is 2.81 bits per heavy atom. The maximum atomic E-state index is 13.2. The van der Waals surface area contributed by atoms with Gasteiger partial charge in [0.1, 0.15) is 5.82 Å². The van der Waals surface area contributed by atoms with Crippen LogP contribution in [0.1, 0.15) is 0 Å². The van der Waals surface area contributed by atoms with Crippen molar-refractivity contribution < 1.29 is 14.3 Å². The molecule has 0 aliphatic carbocycles. The molecule has 5 heteroatoms. The summed E-state index contributed by atoms with van der Waals surface area (Å²) in [6, 6.07) is 5.70. The van der Waals surface area contributed by atoms with Gasteiger partial charge in [-0.15, -0.1) is 0 Å². The van der Waals surface area contributed by atoms with Crippen molar-refractivity contribution in [3.63, 3.8) is 0 Å². The van der Waals surface area contributed by atoms with Crippen LogP contribution in [0.4, 0.5) is 14.9 Å². The Balaban J connectivity index is 1.91. The summed E-state index contributed by atoms with van der Waals surface area (Å²) in [4.78, 5) is 13.1. The summed E-state index contributed by atoms with van der Waals surface area (Å²) in [7, 11) is 0. The van der Waals surface area contributed by atoms with Crippen molar-refractivity contribution >= 4 is 11.7 Å². The molecule has 0 aromatic heterocycles. The van der Waals surface area contributed by atoms with Gasteiger partial charge in [0.15, 0.2) is 0 Å². The first-order chi connectivity index (χ1) is 7.70. The van der Waals surface area contributed by atoms with Crippen molar-refractivity contribution in [2.45, 2.75) is 0 Å². The first-order valence-electron chi connectivity index (χ1n) is 5.12. The van der Waals surface area contributed by atoms with E-state index in [0.29, 0.717) is 13.1 Å². The molecular weight excluding hydrogens is 211 g/mol. The van der Waals surface area contributed by atoms with Crippen LogP contribution >= 0.6 is 0 Å². The number of nitrogens with one attached hydrogen (secondary N) is 1. The topological polar surface area (TPSA) is 52.6 Å². The van der Waals surface area contributed by atoms with Crippen molar-refractivity contribution in [2.24, 2.45) is 5.92 Å². The molecule has 0 spiro atoms. The molecule has 1 aromatic rings. The summed E-state index contributed by atoms with van der Waals surface area (Å²) < 4.78 is 13.2. The van der Waals surface area contributed by atoms with E-state index in [2.05, 4.69) is 5.32 Å². The predicted octanol–water partition coefficient (Wildman–Crippen LogP) is 1.28. The number of aliphatic hydroxyl groups excluding tert-OH is 1. The second kappa shape index (κ2) is 4.49. The lowest BCUT2D eigenvalue weighted by Crippen LogP contribution is -2.52. The van der Waals surface area contributed by atoms with E-state index in [-0.39, 0.29) is 24.2 Å². The minimum Gasteiger partial charge on any atom is -0.396 e. The number of urea groups is 1. The quantitative estimate of drug-likeness (QED) is 0.795. The summed E-state index contributed by atoms with van der Waals surface area (Å²) in [6.45, 7) is 1.14. The number of anilines is 1. The van der Waals surface area contributed by atoms with E-state index in [1.807, 2.05) is 0 Å². The Morgan fingerprint density at radius 2 is 2.19 bits per heavy atom. The Bertz CT molecular complexity index is 391. The molecule has 1 saturated heterocycles. The van der Waals surface area contributed by atoms with Crippen LogP contribution in [0.3, 0.4) is 0 Å². The molecule has 2 amide bonds. The zero-order valence-corrected chi connectivity index (χ0v) is 8.69. The molecule has 1 aromatic carbocycles. The predicted molar refractivity (Wildman–Crippen MR) is 57.6 cm³/mol. The number of rotatable bonds is 2. The third kappa shape index (κ3) is 2.14. The van der Waals surface area contributed by atoms with Crippen LogP contribution in [-0.2, 0) is 0 Å². The van der Waals surface area contributed by atoms with Gasteiger partial charge >= 0.3 is 6.03 Å². The monoisotopic (exact) mass is 224 g/mol. The number of carbonyl (C=O) groups excluding carboxylic acids is 1. The Morgan fingerprint density at radius 1 is 1.50 bits per heavy atom. The molecule has 1 heterocycles. The average Bonchev–Trinajstić information content (AvgIpc) is 2.20. The number of likely N-dealkylation sites (tertiary alicyclic amines) is 1. The summed E-state index contributed by atoms with van der Waals surface area (Å²) in [5.41, 5.74) is 0.181. The van der Waals surface area contributed by atoms with Gasteiger partial charge in [0.2, 0.25) is 0 Å². The fourth-order valence-corrected chi connectivity index (χ4v) is 1.61. The van der Waals surface area contributed by atoms with Crippen molar-refractivity contribution in [1.82, 2.24) is 4.90 Å². The van der Waals surface area contributed by atoms with Crippen molar-refractivity contribution in [2.75, 3.05) is 25.0 Å². The Hall–Kier alpha value is -1.62. The van der Waals surface area contributed by atoms with E-state index >= 15 is 0 Å². The molecule has 4 nitrogen and oxygen atoms in total. The number of benzene rings is 1. The van der Waals surface area contributed by atoms with Gasteiger partial charge < -0.3 is 15.3 Å². The number of nitrogens with zero attached hydrogens (tertiary/aromatic N) is 1. The Labute approximate surface area is 92.7 Å². The first-order valence-corrected chi connectivity index (χ1v) is 5.12. The third-order valence-electron chi connectivity index (χ3n) is 2.62. The van der Waals surface area contributed by atoms with Crippen LogP contribution in [0.5, 0.6) is 0 Å². The molecule has 0 atom stereocenters. The summed E-state index contributed by atoms with van der Waals surface area (Å²) in [6.07, 6.45) is 0. The largest absolute Gasteiger partial charge is 0.396 e. The zero-order chi connectivity index (χ0) is 11.5. The van der Waals surface area contributed by atoms with E-state index in [1.165, 1.54) is 17.0 Å². The molecule has 1 aliphatic rings. The molecule has 0 radical (unpaired) electrons. The van der Waals surface area contributed by atoms with E-state index in [4.69, 9.17) is 5.11 Å². The van der Waals surface area contributed by atoms with Crippen molar-refractivity contribution in [3.05, 3.63) is 30.1 Å². The molecule has 86 valence electrons. The van der Waals surface area contributed by atoms with Crippen molar-refractivity contribution in [3.8, 4) is 0 Å². The number of amides is 2. The van der Waals surface area contributed by atoms with E-state index in [1.54, 1.807) is 12.1 Å². The van der Waals surface area contributed by atoms with Crippen LogP contribution in [0.2, 0.25) is 0 Å². The lowest BCUT2D eigenvalue weighted by molar-refractivity contribution is 0.0838. The number of aliphatic hydroxyl groups is 1. The van der Waals surface area contributed by atoms with Gasteiger partial charge in [-0.2, -0.15) is 0 Å². The molecule has 0 bridgehead atoms. The minimum atomic E-state index is -0.449. The summed E-state index contributed by atoms with van der Waals surface area (Å²) >= 11 is 0. The maximum absolute atomic E-state index is 13.2. The molecule has 2 N–H and O–H groups in total. The van der Waals surface area contributed by atoms with Gasteiger partial charge in [0.25, 0.3) is 0 Å². The van der Waals surface area contributed by atoms with E-state index in [0.717, 1.165) is 0 Å². The molecule has 1 fully saturated rings. The smallest absolute Gasteiger partial charge is 0.321 e. The zero-order valence-electron chi connectivity index (χ0n) is 8.69. The lowest BCUT2D eigenvalue weighted by atomic mass is 10.0. The van der Waals surface area contributed by atoms with Gasteiger partial charge in [-0.1, -0.05) is 12.1 Å². The van der Waals surface area contributed by atoms with Crippen LogP contribution in [0, 0.1) is 11.7 Å². The summed E-state index contributed by atoms with van der Waals surface area (Å²) in [5.74, 6) is -0.290. The van der Waals surface area contributed by atoms with Gasteiger partial charge in [-0.25, -0.2) is 9.18 Å². The van der Waals surface area contributed by atoms with Crippen LogP contribution in [0.15, 0.2) is 24.3 Å². The number of carbonyl (C=O) groups is 1. The van der Waals surface area contributed by atoms with Gasteiger partial charge in [-0.05, 0) is 12.1 Å². The SMILES string of the molecule is O=C(Nc1ccccc1F)N1CC(CO)C1. The highest BCUT2D eigenvalue weighted by atomic mass is 19.1. The van der Waals surface area contributed by atoms with Gasteiger partial charge in [0, 0.05) is 25.6 Å². The normalized spacial score (nSPS) is 15.8. The molecule has 16 heavy (non-hydrogen) atoms. The van der Waals surface area contributed by atoms with Crippen LogP contribution < -0.4 is 5.32 Å². The maximum Gasteiger partial charge on any atom is 0.321 e. The fourth-order valence-electron chi connectivity index (χ4n) is 1.61.